The summed E-state index contributed by atoms with van der Waals surface area (Å²) >= 11 is 0. The van der Waals surface area contributed by atoms with Gasteiger partial charge in [-0.3, -0.25) is 0 Å². The van der Waals surface area contributed by atoms with E-state index in [1.54, 1.807) is 0 Å². The highest BCUT2D eigenvalue weighted by Gasteiger charge is 2.21. The Kier molecular flexibility index (Phi) is 4.02. The number of aliphatic hydroxyl groups is 1. The summed E-state index contributed by atoms with van der Waals surface area (Å²) in [6.07, 6.45) is 5.74. The van der Waals surface area contributed by atoms with Gasteiger partial charge in [0.15, 0.2) is 0 Å². The first-order valence-electron chi connectivity index (χ1n) is 5.14. The third-order valence-corrected chi connectivity index (χ3v) is 2.53. The molecule has 0 aromatic heterocycles. The van der Waals surface area contributed by atoms with E-state index in [1.165, 1.54) is 19.3 Å². The zero-order chi connectivity index (χ0) is 8.97. The molecule has 0 spiro atoms. The molecule has 2 nitrogen and oxygen atoms in total. The smallest absolute Gasteiger partial charge is 0.0693 e. The zero-order valence-corrected chi connectivity index (χ0v) is 8.21. The fourth-order valence-corrected chi connectivity index (χ4v) is 1.91. The molecular formula is C10H21NO. The molecule has 0 aliphatic heterocycles. The topological polar surface area (TPSA) is 32.3 Å². The average molecular weight is 171 g/mol. The molecule has 2 N–H and O–H groups in total. The molecule has 1 rings (SSSR count). The average Bonchev–Trinajstić information content (AvgIpc) is 2.16. The molecule has 2 atom stereocenters. The van der Waals surface area contributed by atoms with E-state index in [2.05, 4.69) is 19.2 Å². The second-order valence-electron chi connectivity index (χ2n) is 4.13. The van der Waals surface area contributed by atoms with Gasteiger partial charge >= 0.3 is 0 Å². The first-order valence-corrected chi connectivity index (χ1v) is 5.14. The van der Waals surface area contributed by atoms with Crippen LogP contribution in [0.5, 0.6) is 0 Å². The predicted octanol–water partition coefficient (Wildman–Crippen LogP) is 1.68. The van der Waals surface area contributed by atoms with E-state index in [0.29, 0.717) is 12.1 Å². The van der Waals surface area contributed by atoms with E-state index < -0.39 is 0 Å². The quantitative estimate of drug-likeness (QED) is 0.620. The zero-order valence-electron chi connectivity index (χ0n) is 8.21. The van der Waals surface area contributed by atoms with Crippen molar-refractivity contribution in [3.63, 3.8) is 0 Å². The molecule has 1 fully saturated rings. The number of rotatable bonds is 2. The SMILES string of the molecule is CC(C)N[C@@H]1CCCCCC1O. The maximum absolute atomic E-state index is 9.74. The molecule has 1 aliphatic rings. The minimum Gasteiger partial charge on any atom is -0.392 e. The highest BCUT2D eigenvalue weighted by molar-refractivity contribution is 4.79. The van der Waals surface area contributed by atoms with E-state index >= 15 is 0 Å². The van der Waals surface area contributed by atoms with Crippen molar-refractivity contribution in [3.05, 3.63) is 0 Å². The van der Waals surface area contributed by atoms with Crippen LogP contribution in [0.15, 0.2) is 0 Å². The molecule has 1 unspecified atom stereocenters. The molecule has 0 heterocycles. The third kappa shape index (κ3) is 3.11. The maximum Gasteiger partial charge on any atom is 0.0693 e. The predicted molar refractivity (Wildman–Crippen MR) is 51.2 cm³/mol. The highest BCUT2D eigenvalue weighted by Crippen LogP contribution is 2.18. The Hall–Kier alpha value is -0.0800. The van der Waals surface area contributed by atoms with Crippen LogP contribution >= 0.6 is 0 Å². The van der Waals surface area contributed by atoms with Crippen molar-refractivity contribution in [1.82, 2.24) is 5.32 Å². The van der Waals surface area contributed by atoms with Crippen LogP contribution in [0.2, 0.25) is 0 Å². The Labute approximate surface area is 75.4 Å². The van der Waals surface area contributed by atoms with Gasteiger partial charge in [0.25, 0.3) is 0 Å². The highest BCUT2D eigenvalue weighted by atomic mass is 16.3. The summed E-state index contributed by atoms with van der Waals surface area (Å²) in [5, 5.41) is 13.2. The normalized spacial score (nSPS) is 32.0. The second kappa shape index (κ2) is 4.83. The first kappa shape index (κ1) is 10.0. The van der Waals surface area contributed by atoms with Crippen molar-refractivity contribution >= 4 is 0 Å². The van der Waals surface area contributed by atoms with Crippen LogP contribution in [-0.4, -0.2) is 23.3 Å². The van der Waals surface area contributed by atoms with Gasteiger partial charge < -0.3 is 10.4 Å². The summed E-state index contributed by atoms with van der Waals surface area (Å²) in [4.78, 5) is 0. The molecule has 1 aliphatic carbocycles. The monoisotopic (exact) mass is 171 g/mol. The summed E-state index contributed by atoms with van der Waals surface area (Å²) in [5.74, 6) is 0. The number of aliphatic hydroxyl groups excluding tert-OH is 1. The van der Waals surface area contributed by atoms with E-state index in [9.17, 15) is 5.11 Å². The van der Waals surface area contributed by atoms with Gasteiger partial charge in [-0.25, -0.2) is 0 Å². The lowest BCUT2D eigenvalue weighted by Gasteiger charge is -2.23. The van der Waals surface area contributed by atoms with Crippen molar-refractivity contribution in [1.29, 1.82) is 0 Å². The Morgan fingerprint density at radius 3 is 2.50 bits per heavy atom. The summed E-state index contributed by atoms with van der Waals surface area (Å²) in [6.45, 7) is 4.27. The molecule has 72 valence electrons. The van der Waals surface area contributed by atoms with Gasteiger partial charge in [-0.2, -0.15) is 0 Å². The van der Waals surface area contributed by atoms with E-state index in [-0.39, 0.29) is 6.10 Å². The molecule has 0 aromatic carbocycles. The minimum atomic E-state index is -0.116. The molecule has 0 saturated heterocycles. The summed E-state index contributed by atoms with van der Waals surface area (Å²) in [6, 6.07) is 0.829. The summed E-state index contributed by atoms with van der Waals surface area (Å²) in [5.41, 5.74) is 0. The molecule has 0 aromatic rings. The molecule has 2 heteroatoms. The van der Waals surface area contributed by atoms with Crippen molar-refractivity contribution in [2.24, 2.45) is 0 Å². The van der Waals surface area contributed by atoms with Crippen LogP contribution in [0, 0.1) is 0 Å². The van der Waals surface area contributed by atoms with Crippen LogP contribution in [0.3, 0.4) is 0 Å². The van der Waals surface area contributed by atoms with Crippen LogP contribution < -0.4 is 5.32 Å². The largest absolute Gasteiger partial charge is 0.392 e. The van der Waals surface area contributed by atoms with Gasteiger partial charge in [0.1, 0.15) is 0 Å². The van der Waals surface area contributed by atoms with Crippen LogP contribution in [0.1, 0.15) is 46.0 Å². The van der Waals surface area contributed by atoms with E-state index in [1.807, 2.05) is 0 Å². The number of nitrogens with one attached hydrogen (secondary N) is 1. The van der Waals surface area contributed by atoms with Crippen molar-refractivity contribution in [3.8, 4) is 0 Å². The minimum absolute atomic E-state index is 0.116. The van der Waals surface area contributed by atoms with Gasteiger partial charge in [0.05, 0.1) is 6.10 Å². The fraction of sp³-hybridized carbons (Fsp3) is 1.00. The van der Waals surface area contributed by atoms with Gasteiger partial charge in [0, 0.05) is 12.1 Å². The summed E-state index contributed by atoms with van der Waals surface area (Å²) < 4.78 is 0. The Morgan fingerprint density at radius 1 is 1.17 bits per heavy atom. The Balaban J connectivity index is 2.36. The lowest BCUT2D eigenvalue weighted by Crippen LogP contribution is -2.42. The van der Waals surface area contributed by atoms with Crippen LogP contribution in [0.25, 0.3) is 0 Å². The standard InChI is InChI=1S/C10H21NO/c1-8(2)11-9-6-4-3-5-7-10(9)12/h8-12H,3-7H2,1-2H3/t9-,10?/m1/s1. The molecular weight excluding hydrogens is 150 g/mol. The third-order valence-electron chi connectivity index (χ3n) is 2.53. The fourth-order valence-electron chi connectivity index (χ4n) is 1.91. The lowest BCUT2D eigenvalue weighted by molar-refractivity contribution is 0.116. The Bertz CT molecular complexity index is 125. The van der Waals surface area contributed by atoms with E-state index in [0.717, 1.165) is 12.8 Å². The van der Waals surface area contributed by atoms with Gasteiger partial charge in [-0.1, -0.05) is 33.1 Å². The van der Waals surface area contributed by atoms with Gasteiger partial charge in [0.2, 0.25) is 0 Å². The van der Waals surface area contributed by atoms with Crippen LogP contribution in [-0.2, 0) is 0 Å². The summed E-state index contributed by atoms with van der Waals surface area (Å²) in [7, 11) is 0. The van der Waals surface area contributed by atoms with Crippen molar-refractivity contribution in [2.45, 2.75) is 64.1 Å². The van der Waals surface area contributed by atoms with Gasteiger partial charge in [-0.05, 0) is 12.8 Å². The second-order valence-corrected chi connectivity index (χ2v) is 4.13. The molecule has 0 bridgehead atoms. The molecule has 1 saturated carbocycles. The first-order chi connectivity index (χ1) is 5.70. The van der Waals surface area contributed by atoms with Crippen molar-refractivity contribution < 1.29 is 5.11 Å². The Morgan fingerprint density at radius 2 is 1.83 bits per heavy atom. The van der Waals surface area contributed by atoms with E-state index in [4.69, 9.17) is 0 Å². The van der Waals surface area contributed by atoms with Crippen LogP contribution in [0.4, 0.5) is 0 Å². The molecule has 12 heavy (non-hydrogen) atoms. The van der Waals surface area contributed by atoms with Gasteiger partial charge in [-0.15, -0.1) is 0 Å². The number of hydrogen-bond donors (Lipinski definition) is 2. The lowest BCUT2D eigenvalue weighted by atomic mass is 10.1. The molecule has 0 radical (unpaired) electrons. The molecule has 0 amide bonds. The maximum atomic E-state index is 9.74. The van der Waals surface area contributed by atoms with Crippen molar-refractivity contribution in [2.75, 3.05) is 0 Å². The number of hydrogen-bond acceptors (Lipinski definition) is 2.